The fraction of sp³-hybridized carbons (Fsp3) is 0.464. The lowest BCUT2D eigenvalue weighted by atomic mass is 9.77. The summed E-state index contributed by atoms with van der Waals surface area (Å²) in [6.45, 7) is 5.74. The molecule has 0 radical (unpaired) electrons. The molecule has 1 aliphatic carbocycles. The van der Waals surface area contributed by atoms with Crippen molar-refractivity contribution in [1.82, 2.24) is 15.5 Å². The first kappa shape index (κ1) is 23.5. The zero-order valence-corrected chi connectivity index (χ0v) is 20.1. The van der Waals surface area contributed by atoms with Crippen LogP contribution < -0.4 is 10.6 Å². The monoisotopic (exact) mass is 472 g/mol. The third-order valence-corrected chi connectivity index (χ3v) is 7.43. The number of likely N-dealkylation sites (tertiary alicyclic amines) is 1. The molecule has 2 heterocycles. The molecule has 0 unspecified atom stereocenters. The molecular weight excluding hydrogens is 440 g/mol. The Bertz CT molecular complexity index is 1110. The molecule has 7 nitrogen and oxygen atoms in total. The van der Waals surface area contributed by atoms with Crippen LogP contribution >= 0.6 is 0 Å². The number of amides is 2. The van der Waals surface area contributed by atoms with Gasteiger partial charge in [0.2, 0.25) is 5.91 Å². The molecule has 2 aliphatic heterocycles. The Hall–Kier alpha value is -3.21. The van der Waals surface area contributed by atoms with Crippen molar-refractivity contribution in [2.24, 2.45) is 5.41 Å². The van der Waals surface area contributed by atoms with E-state index in [-0.39, 0.29) is 17.2 Å². The van der Waals surface area contributed by atoms with Crippen molar-refractivity contribution in [3.63, 3.8) is 0 Å². The molecule has 2 amide bonds. The van der Waals surface area contributed by atoms with Gasteiger partial charge in [0.1, 0.15) is 6.04 Å². The molecule has 2 saturated heterocycles. The quantitative estimate of drug-likeness (QED) is 0.548. The highest BCUT2D eigenvalue weighted by atomic mass is 16.5. The molecule has 2 aromatic carbocycles. The third-order valence-electron chi connectivity index (χ3n) is 7.43. The van der Waals surface area contributed by atoms with E-state index in [1.165, 1.54) is 11.1 Å². The Morgan fingerprint density at radius 3 is 2.49 bits per heavy atom. The zero-order valence-electron chi connectivity index (χ0n) is 20.1. The summed E-state index contributed by atoms with van der Waals surface area (Å²) in [4.78, 5) is 27.9. The number of rotatable bonds is 9. The highest BCUT2D eigenvalue weighted by Crippen LogP contribution is 2.41. The van der Waals surface area contributed by atoms with E-state index in [0.717, 1.165) is 19.4 Å². The Morgan fingerprint density at radius 1 is 1.14 bits per heavy atom. The van der Waals surface area contributed by atoms with Crippen LogP contribution in [0.5, 0.6) is 0 Å². The maximum absolute atomic E-state index is 13.2. The normalized spacial score (nSPS) is 22.5. The highest BCUT2D eigenvalue weighted by Gasteiger charge is 2.51. The molecule has 0 aromatic heterocycles. The van der Waals surface area contributed by atoms with Crippen molar-refractivity contribution in [1.29, 1.82) is 5.26 Å². The van der Waals surface area contributed by atoms with Gasteiger partial charge >= 0.3 is 0 Å². The number of hydrogen-bond acceptors (Lipinski definition) is 5. The first-order chi connectivity index (χ1) is 17.0. The van der Waals surface area contributed by atoms with E-state index in [0.29, 0.717) is 55.8 Å². The predicted molar refractivity (Wildman–Crippen MR) is 132 cm³/mol. The Balaban J connectivity index is 1.14. The van der Waals surface area contributed by atoms with Crippen molar-refractivity contribution in [2.45, 2.75) is 44.2 Å². The molecular formula is C28H32N4O3. The smallest absolute Gasteiger partial charge is 0.251 e. The summed E-state index contributed by atoms with van der Waals surface area (Å²) in [5.41, 5.74) is 3.73. The number of carbonyl (C=O) groups is 2. The minimum Gasteiger partial charge on any atom is -0.380 e. The van der Waals surface area contributed by atoms with E-state index in [9.17, 15) is 9.59 Å². The van der Waals surface area contributed by atoms with Gasteiger partial charge < -0.3 is 20.3 Å². The lowest BCUT2D eigenvalue weighted by Gasteiger charge is -2.55. The maximum Gasteiger partial charge on any atom is 0.251 e. The van der Waals surface area contributed by atoms with Crippen LogP contribution in [0.1, 0.15) is 52.2 Å². The van der Waals surface area contributed by atoms with E-state index in [4.69, 9.17) is 10.00 Å². The molecule has 0 bridgehead atoms. The van der Waals surface area contributed by atoms with E-state index in [2.05, 4.69) is 47.9 Å². The number of ether oxygens (including phenoxy) is 1. The molecule has 1 spiro atoms. The maximum atomic E-state index is 13.2. The summed E-state index contributed by atoms with van der Waals surface area (Å²) in [5, 5.41) is 15.6. The molecule has 2 aromatic rings. The van der Waals surface area contributed by atoms with E-state index in [1.807, 2.05) is 4.90 Å². The van der Waals surface area contributed by atoms with Crippen molar-refractivity contribution in [3.8, 4) is 6.07 Å². The van der Waals surface area contributed by atoms with Crippen molar-refractivity contribution in [2.75, 3.05) is 32.8 Å². The van der Waals surface area contributed by atoms with Crippen LogP contribution in [0.3, 0.4) is 0 Å². The van der Waals surface area contributed by atoms with Crippen LogP contribution in [0, 0.1) is 23.7 Å². The summed E-state index contributed by atoms with van der Waals surface area (Å²) in [7, 11) is 0. The number of nitrogens with one attached hydrogen (secondary N) is 2. The van der Waals surface area contributed by atoms with Gasteiger partial charge in [-0.3, -0.25) is 9.59 Å². The van der Waals surface area contributed by atoms with Crippen molar-refractivity contribution in [3.05, 3.63) is 70.8 Å². The van der Waals surface area contributed by atoms with Crippen molar-refractivity contribution >= 4 is 11.8 Å². The average Bonchev–Trinajstić information content (AvgIpc) is 3.59. The second-order valence-corrected chi connectivity index (χ2v) is 10.4. The lowest BCUT2D eigenvalue weighted by molar-refractivity contribution is -0.196. The number of nitriles is 1. The third kappa shape index (κ3) is 5.24. The fourth-order valence-corrected chi connectivity index (χ4v) is 5.10. The largest absolute Gasteiger partial charge is 0.380 e. The van der Waals surface area contributed by atoms with Crippen LogP contribution in [-0.2, 0) is 9.53 Å². The van der Waals surface area contributed by atoms with E-state index in [1.54, 1.807) is 24.3 Å². The number of carbonyl (C=O) groups excluding carboxylic acids is 2. The number of aryl methyl sites for hydroxylation is 1. The van der Waals surface area contributed by atoms with Gasteiger partial charge in [0, 0.05) is 30.6 Å². The predicted octanol–water partition coefficient (Wildman–Crippen LogP) is 2.75. The standard InChI is InChI=1S/C28H32N4O3/c1-19-4-8-21(9-5-19)23-13-25(23)30-12-2-3-24(27(34)32-15-28(16-32)17-35-18-28)31-26(33)22-10-6-20(14-29)7-11-22/h4-11,23-25,30H,2-3,12-13,15-18H2,1H3,(H,31,33)/t23-,24-,25+/m0/s1. The Labute approximate surface area is 206 Å². The van der Waals surface area contributed by atoms with Gasteiger partial charge in [-0.1, -0.05) is 29.8 Å². The molecule has 3 atom stereocenters. The SMILES string of the molecule is Cc1ccc([C@@H]2C[C@H]2NCCC[C@H](NC(=O)c2ccc(C#N)cc2)C(=O)N2CC3(COC3)C2)cc1. The van der Waals surface area contributed by atoms with Gasteiger partial charge in [-0.25, -0.2) is 0 Å². The minimum absolute atomic E-state index is 0.0199. The topological polar surface area (TPSA) is 94.5 Å². The van der Waals surface area contributed by atoms with Gasteiger partial charge in [0.15, 0.2) is 0 Å². The van der Waals surface area contributed by atoms with E-state index < -0.39 is 6.04 Å². The highest BCUT2D eigenvalue weighted by molar-refractivity contribution is 5.97. The molecule has 5 rings (SSSR count). The minimum atomic E-state index is -0.564. The molecule has 35 heavy (non-hydrogen) atoms. The van der Waals surface area contributed by atoms with Crippen LogP contribution in [0.15, 0.2) is 48.5 Å². The first-order valence-corrected chi connectivity index (χ1v) is 12.4. The van der Waals surface area contributed by atoms with Crippen LogP contribution in [0.25, 0.3) is 0 Å². The second kappa shape index (κ2) is 9.80. The van der Waals surface area contributed by atoms with Gasteiger partial charge in [-0.05, 0) is 62.6 Å². The molecule has 3 fully saturated rings. The summed E-state index contributed by atoms with van der Waals surface area (Å²) < 4.78 is 5.33. The fourth-order valence-electron chi connectivity index (χ4n) is 5.10. The zero-order chi connectivity index (χ0) is 24.4. The Kier molecular flexibility index (Phi) is 6.59. The van der Waals surface area contributed by atoms with Crippen LogP contribution in [0.4, 0.5) is 0 Å². The molecule has 1 saturated carbocycles. The summed E-state index contributed by atoms with van der Waals surface area (Å²) in [6, 6.07) is 17.2. The number of nitrogens with zero attached hydrogens (tertiary/aromatic N) is 2. The summed E-state index contributed by atoms with van der Waals surface area (Å²) in [6.07, 6.45) is 2.51. The van der Waals surface area contributed by atoms with Gasteiger partial charge in [-0.15, -0.1) is 0 Å². The summed E-state index contributed by atoms with van der Waals surface area (Å²) in [5.74, 6) is 0.254. The Morgan fingerprint density at radius 2 is 1.86 bits per heavy atom. The average molecular weight is 473 g/mol. The molecule has 2 N–H and O–H groups in total. The van der Waals surface area contributed by atoms with E-state index >= 15 is 0 Å². The first-order valence-electron chi connectivity index (χ1n) is 12.4. The molecule has 3 aliphatic rings. The van der Waals surface area contributed by atoms with Gasteiger partial charge in [-0.2, -0.15) is 5.26 Å². The van der Waals surface area contributed by atoms with Gasteiger partial charge in [0.25, 0.3) is 5.91 Å². The van der Waals surface area contributed by atoms with Crippen molar-refractivity contribution < 1.29 is 14.3 Å². The molecule has 182 valence electrons. The number of benzene rings is 2. The second-order valence-electron chi connectivity index (χ2n) is 10.4. The lowest BCUT2D eigenvalue weighted by Crippen LogP contribution is -2.69. The molecule has 7 heteroatoms. The van der Waals surface area contributed by atoms with Crippen LogP contribution in [-0.4, -0.2) is 61.6 Å². The van der Waals surface area contributed by atoms with Crippen LogP contribution in [0.2, 0.25) is 0 Å². The summed E-state index contributed by atoms with van der Waals surface area (Å²) >= 11 is 0. The number of hydrogen-bond donors (Lipinski definition) is 2. The van der Waals surface area contributed by atoms with Gasteiger partial charge in [0.05, 0.1) is 30.3 Å².